The van der Waals surface area contributed by atoms with Crippen molar-refractivity contribution in [3.8, 4) is 0 Å². The van der Waals surface area contributed by atoms with Gasteiger partial charge in [0, 0.05) is 12.2 Å². The van der Waals surface area contributed by atoms with Crippen LogP contribution in [0.1, 0.15) is 38.3 Å². The number of urea groups is 1. The maximum absolute atomic E-state index is 13.8. The van der Waals surface area contributed by atoms with Gasteiger partial charge in [0.1, 0.15) is 5.82 Å². The average molecular weight is 433 g/mol. The van der Waals surface area contributed by atoms with E-state index in [2.05, 4.69) is 15.5 Å². The summed E-state index contributed by atoms with van der Waals surface area (Å²) in [6.45, 7) is 5.56. The summed E-state index contributed by atoms with van der Waals surface area (Å²) in [4.78, 5) is 39.2. The van der Waals surface area contributed by atoms with Crippen LogP contribution in [-0.2, 0) is 19.1 Å². The van der Waals surface area contributed by atoms with E-state index in [0.29, 0.717) is 50.3 Å². The topological polar surface area (TPSA) is 97.0 Å². The summed E-state index contributed by atoms with van der Waals surface area (Å²) in [7, 11) is 0. The van der Waals surface area contributed by atoms with Gasteiger partial charge in [-0.2, -0.15) is 0 Å². The number of nitrogens with one attached hydrogen (secondary N) is 2. The highest BCUT2D eigenvalue weighted by Crippen LogP contribution is 2.29. The highest BCUT2D eigenvalue weighted by molar-refractivity contribution is 5.95. The quantitative estimate of drug-likeness (QED) is 0.641. The molecule has 3 rings (SSSR count). The van der Waals surface area contributed by atoms with Gasteiger partial charge in [0.2, 0.25) is 0 Å². The minimum Gasteiger partial charge on any atom is -0.466 e. The molecule has 1 aromatic carbocycles. The number of esters is 2. The summed E-state index contributed by atoms with van der Waals surface area (Å²) in [6.07, 6.45) is 1.28. The van der Waals surface area contributed by atoms with Crippen molar-refractivity contribution in [2.45, 2.75) is 32.7 Å². The third-order valence-electron chi connectivity index (χ3n) is 5.42. The van der Waals surface area contributed by atoms with Crippen molar-refractivity contribution in [2.24, 2.45) is 5.92 Å². The van der Waals surface area contributed by atoms with Gasteiger partial charge in [-0.15, -0.1) is 0 Å². The Hall–Kier alpha value is -2.94. The van der Waals surface area contributed by atoms with E-state index < -0.39 is 23.9 Å². The Bertz CT molecular complexity index is 864. The maximum Gasteiger partial charge on any atom is 0.338 e. The first-order valence-electron chi connectivity index (χ1n) is 10.5. The molecule has 1 aromatic rings. The average Bonchev–Trinajstić information content (AvgIpc) is 2.74. The standard InChI is InChI=1S/C22H28FN3O5/c1-3-30-20(27)14-8-10-26(11-9-14)13-17-18(21(28)31-4-2)19(25-22(29)24-17)15-6-5-7-16(23)12-15/h5-7,12,14,19H,3-4,8-11,13H2,1-2H3,(H2,24,25,29). The molecule has 8 nitrogen and oxygen atoms in total. The lowest BCUT2D eigenvalue weighted by molar-refractivity contribution is -0.149. The van der Waals surface area contributed by atoms with Crippen LogP contribution >= 0.6 is 0 Å². The van der Waals surface area contributed by atoms with Crippen molar-refractivity contribution in [3.63, 3.8) is 0 Å². The number of benzene rings is 1. The first-order chi connectivity index (χ1) is 14.9. The van der Waals surface area contributed by atoms with Crippen molar-refractivity contribution >= 4 is 18.0 Å². The molecular weight excluding hydrogens is 405 g/mol. The van der Waals surface area contributed by atoms with Gasteiger partial charge in [-0.1, -0.05) is 12.1 Å². The minimum atomic E-state index is -0.824. The predicted molar refractivity (Wildman–Crippen MR) is 110 cm³/mol. The molecule has 2 amide bonds. The van der Waals surface area contributed by atoms with Gasteiger partial charge >= 0.3 is 18.0 Å². The van der Waals surface area contributed by atoms with Crippen LogP contribution in [0.4, 0.5) is 9.18 Å². The monoisotopic (exact) mass is 433 g/mol. The molecule has 2 aliphatic rings. The number of piperidine rings is 1. The molecule has 1 atom stereocenters. The first kappa shape index (κ1) is 22.7. The molecule has 2 heterocycles. The molecule has 1 unspecified atom stereocenters. The summed E-state index contributed by atoms with van der Waals surface area (Å²) in [5.74, 6) is -1.36. The molecular formula is C22H28FN3O5. The van der Waals surface area contributed by atoms with Crippen molar-refractivity contribution < 1.29 is 28.2 Å². The van der Waals surface area contributed by atoms with Crippen LogP contribution < -0.4 is 10.6 Å². The molecule has 168 valence electrons. The number of halogens is 1. The van der Waals surface area contributed by atoms with Crippen LogP contribution in [0.15, 0.2) is 35.5 Å². The number of rotatable bonds is 7. The lowest BCUT2D eigenvalue weighted by Crippen LogP contribution is -2.49. The summed E-state index contributed by atoms with van der Waals surface area (Å²) in [5, 5.41) is 5.42. The van der Waals surface area contributed by atoms with E-state index in [1.165, 1.54) is 18.2 Å². The van der Waals surface area contributed by atoms with Gasteiger partial charge in [-0.25, -0.2) is 14.0 Å². The lowest BCUT2D eigenvalue weighted by Gasteiger charge is -2.35. The zero-order chi connectivity index (χ0) is 22.4. The van der Waals surface area contributed by atoms with Crippen LogP contribution in [0.3, 0.4) is 0 Å². The first-order valence-corrected chi connectivity index (χ1v) is 10.5. The fourth-order valence-corrected chi connectivity index (χ4v) is 3.94. The normalized spacial score (nSPS) is 20.1. The Kier molecular flexibility index (Phi) is 7.62. The second-order valence-corrected chi connectivity index (χ2v) is 7.50. The second-order valence-electron chi connectivity index (χ2n) is 7.50. The third kappa shape index (κ3) is 5.61. The van der Waals surface area contributed by atoms with E-state index in [4.69, 9.17) is 9.47 Å². The van der Waals surface area contributed by atoms with E-state index in [-0.39, 0.29) is 24.1 Å². The van der Waals surface area contributed by atoms with E-state index >= 15 is 0 Å². The SMILES string of the molecule is CCOC(=O)C1=C(CN2CCC(C(=O)OCC)CC2)NC(=O)NC1c1cccc(F)c1. The Morgan fingerprint density at radius 2 is 1.87 bits per heavy atom. The molecule has 31 heavy (non-hydrogen) atoms. The molecule has 0 spiro atoms. The van der Waals surface area contributed by atoms with Crippen LogP contribution in [0, 0.1) is 11.7 Å². The van der Waals surface area contributed by atoms with Gasteiger partial charge in [0.05, 0.1) is 30.7 Å². The molecule has 1 fully saturated rings. The molecule has 0 bridgehead atoms. The third-order valence-corrected chi connectivity index (χ3v) is 5.42. The molecule has 2 N–H and O–H groups in total. The van der Waals surface area contributed by atoms with Gasteiger partial charge in [-0.05, 0) is 57.5 Å². The van der Waals surface area contributed by atoms with Gasteiger partial charge in [0.25, 0.3) is 0 Å². The number of hydrogen-bond acceptors (Lipinski definition) is 6. The van der Waals surface area contributed by atoms with E-state index in [1.807, 2.05) is 0 Å². The molecule has 0 radical (unpaired) electrons. The summed E-state index contributed by atoms with van der Waals surface area (Å²) >= 11 is 0. The van der Waals surface area contributed by atoms with Crippen molar-refractivity contribution in [1.82, 2.24) is 15.5 Å². The van der Waals surface area contributed by atoms with Crippen LogP contribution in [0.5, 0.6) is 0 Å². The van der Waals surface area contributed by atoms with Crippen molar-refractivity contribution in [1.29, 1.82) is 0 Å². The molecule has 9 heteroatoms. The van der Waals surface area contributed by atoms with Crippen molar-refractivity contribution in [3.05, 3.63) is 46.9 Å². The fourth-order valence-electron chi connectivity index (χ4n) is 3.94. The highest BCUT2D eigenvalue weighted by Gasteiger charge is 2.35. The number of hydrogen-bond donors (Lipinski definition) is 2. The Morgan fingerprint density at radius 3 is 2.52 bits per heavy atom. The fraction of sp³-hybridized carbons (Fsp3) is 0.500. The molecule has 1 saturated heterocycles. The number of nitrogens with zero attached hydrogens (tertiary/aromatic N) is 1. The number of amides is 2. The van der Waals surface area contributed by atoms with Gasteiger partial charge < -0.3 is 20.1 Å². The highest BCUT2D eigenvalue weighted by atomic mass is 19.1. The maximum atomic E-state index is 13.8. The number of carbonyl (C=O) groups is 3. The van der Waals surface area contributed by atoms with Gasteiger partial charge in [-0.3, -0.25) is 9.69 Å². The van der Waals surface area contributed by atoms with E-state index in [1.54, 1.807) is 19.9 Å². The van der Waals surface area contributed by atoms with E-state index in [9.17, 15) is 18.8 Å². The lowest BCUT2D eigenvalue weighted by atomic mass is 9.93. The van der Waals surface area contributed by atoms with Crippen LogP contribution in [0.2, 0.25) is 0 Å². The summed E-state index contributed by atoms with van der Waals surface area (Å²) < 4.78 is 24.2. The molecule has 2 aliphatic heterocycles. The number of likely N-dealkylation sites (tertiary alicyclic amines) is 1. The van der Waals surface area contributed by atoms with Crippen LogP contribution in [0.25, 0.3) is 0 Å². The van der Waals surface area contributed by atoms with Crippen molar-refractivity contribution in [2.75, 3.05) is 32.8 Å². The zero-order valence-electron chi connectivity index (χ0n) is 17.8. The number of ether oxygens (including phenoxy) is 2. The Balaban J connectivity index is 1.83. The Labute approximate surface area is 180 Å². The van der Waals surface area contributed by atoms with Crippen LogP contribution in [-0.4, -0.2) is 55.7 Å². The van der Waals surface area contributed by atoms with Gasteiger partial charge in [0.15, 0.2) is 0 Å². The smallest absolute Gasteiger partial charge is 0.338 e. The summed E-state index contributed by atoms with van der Waals surface area (Å²) in [6, 6.07) is 4.48. The predicted octanol–water partition coefficient (Wildman–Crippen LogP) is 2.27. The molecule has 0 aromatic heterocycles. The molecule has 0 saturated carbocycles. The molecule has 0 aliphatic carbocycles. The largest absolute Gasteiger partial charge is 0.466 e. The zero-order valence-corrected chi connectivity index (χ0v) is 17.8. The second kappa shape index (κ2) is 10.4. The number of carbonyl (C=O) groups excluding carboxylic acids is 3. The minimum absolute atomic E-state index is 0.141. The Morgan fingerprint density at radius 1 is 1.16 bits per heavy atom. The van der Waals surface area contributed by atoms with E-state index in [0.717, 1.165) is 0 Å². The summed E-state index contributed by atoms with van der Waals surface area (Å²) in [5.41, 5.74) is 1.13.